The van der Waals surface area contributed by atoms with Gasteiger partial charge in [0.25, 0.3) is 5.91 Å². The smallest absolute Gasteiger partial charge is 0.274 e. The van der Waals surface area contributed by atoms with Crippen LogP contribution in [0.25, 0.3) is 0 Å². The van der Waals surface area contributed by atoms with Crippen molar-refractivity contribution < 1.29 is 9.53 Å². The topological polar surface area (TPSA) is 76.1 Å². The first kappa shape index (κ1) is 16.9. The minimum atomic E-state index is -0.254. The summed E-state index contributed by atoms with van der Waals surface area (Å²) in [6.07, 6.45) is 0. The third kappa shape index (κ3) is 5.03. The van der Waals surface area contributed by atoms with Crippen LogP contribution in [0.15, 0.2) is 24.3 Å². The van der Waals surface area contributed by atoms with Crippen LogP contribution in [-0.4, -0.2) is 36.1 Å². The highest BCUT2D eigenvalue weighted by Crippen LogP contribution is 2.15. The number of aromatic nitrogens is 2. The summed E-state index contributed by atoms with van der Waals surface area (Å²) in [5.74, 6) is 0.169. The number of carbonyl (C=O) groups is 1. The Labute approximate surface area is 136 Å². The number of benzene rings is 1. The molecule has 2 rings (SSSR count). The van der Waals surface area contributed by atoms with Gasteiger partial charge in [0, 0.05) is 25.0 Å². The molecule has 0 aliphatic heterocycles. The monoisotopic (exact) mass is 314 g/mol. The average Bonchev–Trinajstić information content (AvgIpc) is 2.46. The zero-order valence-corrected chi connectivity index (χ0v) is 13.9. The predicted molar refractivity (Wildman–Crippen MR) is 91.0 cm³/mol. The first-order chi connectivity index (χ1) is 11.0. The first-order valence-electron chi connectivity index (χ1n) is 7.46. The third-order valence-corrected chi connectivity index (χ3v) is 3.16. The van der Waals surface area contributed by atoms with Gasteiger partial charge in [-0.2, -0.15) is 0 Å². The van der Waals surface area contributed by atoms with Crippen molar-refractivity contribution >= 4 is 17.5 Å². The highest BCUT2D eigenvalue weighted by atomic mass is 16.5. The van der Waals surface area contributed by atoms with Gasteiger partial charge in [0.1, 0.15) is 5.69 Å². The molecule has 6 nitrogen and oxygen atoms in total. The number of hydrogen-bond acceptors (Lipinski definition) is 5. The Bertz CT molecular complexity index is 681. The molecule has 0 aliphatic carbocycles. The first-order valence-corrected chi connectivity index (χ1v) is 7.46. The molecule has 1 amide bonds. The van der Waals surface area contributed by atoms with Crippen LogP contribution in [0.1, 0.15) is 27.3 Å². The number of methoxy groups -OCH3 is 1. The molecule has 0 atom stereocenters. The summed E-state index contributed by atoms with van der Waals surface area (Å²) in [7, 11) is 1.63. The van der Waals surface area contributed by atoms with Crippen LogP contribution in [0.4, 0.5) is 11.6 Å². The van der Waals surface area contributed by atoms with Gasteiger partial charge in [-0.3, -0.25) is 4.79 Å². The fourth-order valence-electron chi connectivity index (χ4n) is 2.27. The normalized spacial score (nSPS) is 10.4. The van der Waals surface area contributed by atoms with Crippen molar-refractivity contribution in [3.05, 3.63) is 46.8 Å². The van der Waals surface area contributed by atoms with E-state index in [1.807, 2.05) is 32.9 Å². The summed E-state index contributed by atoms with van der Waals surface area (Å²) in [6, 6.07) is 7.58. The second kappa shape index (κ2) is 7.69. The lowest BCUT2D eigenvalue weighted by atomic mass is 10.1. The van der Waals surface area contributed by atoms with Crippen LogP contribution in [0, 0.1) is 20.8 Å². The molecule has 0 aliphatic rings. The number of nitrogens with zero attached hydrogens (tertiary/aromatic N) is 2. The van der Waals surface area contributed by atoms with E-state index in [-0.39, 0.29) is 5.91 Å². The fourth-order valence-corrected chi connectivity index (χ4v) is 2.27. The number of aryl methyl sites for hydroxylation is 3. The van der Waals surface area contributed by atoms with Gasteiger partial charge in [-0.05, 0) is 50.1 Å². The zero-order valence-electron chi connectivity index (χ0n) is 13.9. The largest absolute Gasteiger partial charge is 0.383 e. The molecule has 0 spiro atoms. The highest BCUT2D eigenvalue weighted by molar-refractivity contribution is 6.03. The maximum absolute atomic E-state index is 12.4. The van der Waals surface area contributed by atoms with Crippen LogP contribution < -0.4 is 10.6 Å². The lowest BCUT2D eigenvalue weighted by molar-refractivity contribution is 0.102. The molecule has 0 radical (unpaired) electrons. The van der Waals surface area contributed by atoms with E-state index in [9.17, 15) is 4.79 Å². The number of nitrogens with one attached hydrogen (secondary N) is 2. The molecule has 0 saturated carbocycles. The maximum Gasteiger partial charge on any atom is 0.274 e. The van der Waals surface area contributed by atoms with Crippen LogP contribution in [0.2, 0.25) is 0 Å². The molecule has 6 heteroatoms. The number of ether oxygens (including phenoxy) is 1. The van der Waals surface area contributed by atoms with Gasteiger partial charge >= 0.3 is 0 Å². The molecule has 23 heavy (non-hydrogen) atoms. The Morgan fingerprint density at radius 3 is 2.43 bits per heavy atom. The van der Waals surface area contributed by atoms with E-state index in [0.29, 0.717) is 24.8 Å². The second-order valence-corrected chi connectivity index (χ2v) is 5.47. The van der Waals surface area contributed by atoms with Crippen molar-refractivity contribution in [2.45, 2.75) is 20.8 Å². The highest BCUT2D eigenvalue weighted by Gasteiger charge is 2.11. The molecular formula is C17H22N4O2. The van der Waals surface area contributed by atoms with E-state index in [1.165, 1.54) is 0 Å². The van der Waals surface area contributed by atoms with Crippen molar-refractivity contribution in [2.75, 3.05) is 30.9 Å². The van der Waals surface area contributed by atoms with E-state index in [0.717, 1.165) is 22.5 Å². The summed E-state index contributed by atoms with van der Waals surface area (Å²) in [4.78, 5) is 20.9. The zero-order chi connectivity index (χ0) is 16.8. The number of hydrogen-bond donors (Lipinski definition) is 2. The van der Waals surface area contributed by atoms with E-state index < -0.39 is 0 Å². The van der Waals surface area contributed by atoms with Crippen molar-refractivity contribution in [2.24, 2.45) is 0 Å². The molecule has 0 saturated heterocycles. The lowest BCUT2D eigenvalue weighted by Gasteiger charge is -2.09. The van der Waals surface area contributed by atoms with E-state index in [2.05, 4.69) is 26.7 Å². The molecule has 1 aromatic carbocycles. The molecule has 2 aromatic rings. The quantitative estimate of drug-likeness (QED) is 0.802. The average molecular weight is 314 g/mol. The summed E-state index contributed by atoms with van der Waals surface area (Å²) in [6.45, 7) is 6.95. The van der Waals surface area contributed by atoms with E-state index in [4.69, 9.17) is 4.74 Å². The van der Waals surface area contributed by atoms with Crippen molar-refractivity contribution in [1.82, 2.24) is 9.97 Å². The number of amides is 1. The Balaban J connectivity index is 2.14. The summed E-state index contributed by atoms with van der Waals surface area (Å²) in [5.41, 5.74) is 4.02. The molecule has 1 heterocycles. The molecule has 0 bridgehead atoms. The number of rotatable bonds is 6. The van der Waals surface area contributed by atoms with Crippen molar-refractivity contribution in [3.8, 4) is 0 Å². The molecule has 0 fully saturated rings. The standard InChI is InChI=1S/C17H22N4O2/c1-11-7-12(2)9-14(8-11)20-16(22)15-10-13(3)19-17(21-15)18-5-6-23-4/h7-10H,5-6H2,1-4H3,(H,20,22)(H,18,19,21). The summed E-state index contributed by atoms with van der Waals surface area (Å²) < 4.78 is 4.98. The van der Waals surface area contributed by atoms with Gasteiger partial charge < -0.3 is 15.4 Å². The Morgan fingerprint density at radius 2 is 1.78 bits per heavy atom. The van der Waals surface area contributed by atoms with Gasteiger partial charge in [-0.25, -0.2) is 9.97 Å². The molecule has 122 valence electrons. The number of anilines is 2. The van der Waals surface area contributed by atoms with Gasteiger partial charge in [0.05, 0.1) is 6.61 Å². The Morgan fingerprint density at radius 1 is 1.09 bits per heavy atom. The SMILES string of the molecule is COCCNc1nc(C)cc(C(=O)Nc2cc(C)cc(C)c2)n1. The van der Waals surface area contributed by atoms with Gasteiger partial charge in [0.2, 0.25) is 5.95 Å². The van der Waals surface area contributed by atoms with Crippen molar-refractivity contribution in [3.63, 3.8) is 0 Å². The molecule has 1 aromatic heterocycles. The molecule has 0 unspecified atom stereocenters. The number of carbonyl (C=O) groups excluding carboxylic acids is 1. The van der Waals surface area contributed by atoms with Crippen molar-refractivity contribution in [1.29, 1.82) is 0 Å². The molecular weight excluding hydrogens is 292 g/mol. The summed E-state index contributed by atoms with van der Waals surface area (Å²) in [5, 5.41) is 5.92. The third-order valence-electron chi connectivity index (χ3n) is 3.16. The lowest BCUT2D eigenvalue weighted by Crippen LogP contribution is -2.17. The maximum atomic E-state index is 12.4. The van der Waals surface area contributed by atoms with Crippen LogP contribution >= 0.6 is 0 Å². The molecule has 2 N–H and O–H groups in total. The van der Waals surface area contributed by atoms with Crippen LogP contribution in [0.3, 0.4) is 0 Å². The minimum Gasteiger partial charge on any atom is -0.383 e. The van der Waals surface area contributed by atoms with Crippen LogP contribution in [-0.2, 0) is 4.74 Å². The predicted octanol–water partition coefficient (Wildman–Crippen LogP) is 2.71. The fraction of sp³-hybridized carbons (Fsp3) is 0.353. The minimum absolute atomic E-state index is 0.254. The Kier molecular flexibility index (Phi) is 5.65. The van der Waals surface area contributed by atoms with Gasteiger partial charge in [-0.15, -0.1) is 0 Å². The van der Waals surface area contributed by atoms with E-state index in [1.54, 1.807) is 13.2 Å². The van der Waals surface area contributed by atoms with Crippen LogP contribution in [0.5, 0.6) is 0 Å². The van der Waals surface area contributed by atoms with Gasteiger partial charge in [0.15, 0.2) is 0 Å². The van der Waals surface area contributed by atoms with Gasteiger partial charge in [-0.1, -0.05) is 6.07 Å². The van der Waals surface area contributed by atoms with E-state index >= 15 is 0 Å². The Hall–Kier alpha value is -2.47. The second-order valence-electron chi connectivity index (χ2n) is 5.47. The summed E-state index contributed by atoms with van der Waals surface area (Å²) >= 11 is 0.